The Bertz CT molecular complexity index is 776. The molecule has 0 bridgehead atoms. The van der Waals surface area contributed by atoms with Crippen molar-refractivity contribution in [1.82, 2.24) is 3.96 Å². The molecule has 0 fully saturated rings. The lowest BCUT2D eigenvalue weighted by molar-refractivity contribution is 0.602. The lowest BCUT2D eigenvalue weighted by Crippen LogP contribution is -2.14. The minimum Gasteiger partial charge on any atom is -0.267 e. The summed E-state index contributed by atoms with van der Waals surface area (Å²) in [5.41, 5.74) is 0.638. The highest BCUT2D eigenvalue weighted by Crippen LogP contribution is 2.23. The summed E-state index contributed by atoms with van der Waals surface area (Å²) >= 11 is 12.6. The van der Waals surface area contributed by atoms with Gasteiger partial charge in [0.05, 0.1) is 4.90 Å². The minimum absolute atomic E-state index is 0.0455. The van der Waals surface area contributed by atoms with Gasteiger partial charge in [-0.05, 0) is 35.6 Å². The van der Waals surface area contributed by atoms with Crippen molar-refractivity contribution in [3.05, 3.63) is 49.5 Å². The first-order chi connectivity index (χ1) is 9.29. The average Bonchev–Trinajstić information content (AvgIpc) is 2.63. The minimum atomic E-state index is -3.18. The molecule has 20 heavy (non-hydrogen) atoms. The van der Waals surface area contributed by atoms with Gasteiger partial charge in [-0.15, -0.1) is 0 Å². The fraction of sp³-hybridized carbons (Fsp3) is 0.250. The van der Waals surface area contributed by atoms with E-state index in [1.807, 2.05) is 0 Å². The van der Waals surface area contributed by atoms with Crippen molar-refractivity contribution in [3.63, 3.8) is 0 Å². The van der Waals surface area contributed by atoms with Gasteiger partial charge in [0.1, 0.15) is 9.36 Å². The van der Waals surface area contributed by atoms with Crippen LogP contribution in [-0.2, 0) is 22.8 Å². The van der Waals surface area contributed by atoms with Crippen LogP contribution in [0.15, 0.2) is 34.0 Å². The second kappa shape index (κ2) is 5.89. The Labute approximate surface area is 130 Å². The Morgan fingerprint density at radius 1 is 1.20 bits per heavy atom. The number of nitrogens with zero attached hydrogens (tertiary/aromatic N) is 1. The SMILES string of the molecule is CS(=O)(=O)c1ccc(CCn2sc(Cl)c(Cl)c2=O)cc1. The number of aryl methyl sites for hydroxylation is 2. The topological polar surface area (TPSA) is 56.1 Å². The van der Waals surface area contributed by atoms with E-state index in [0.717, 1.165) is 23.4 Å². The quantitative estimate of drug-likeness (QED) is 0.850. The van der Waals surface area contributed by atoms with Gasteiger partial charge in [-0.25, -0.2) is 8.42 Å². The Hall–Kier alpha value is -0.820. The molecular formula is C12H11Cl2NO3S2. The summed E-state index contributed by atoms with van der Waals surface area (Å²) in [7, 11) is -3.18. The van der Waals surface area contributed by atoms with Gasteiger partial charge in [0.15, 0.2) is 9.84 Å². The van der Waals surface area contributed by atoms with Crippen LogP contribution in [-0.4, -0.2) is 18.6 Å². The monoisotopic (exact) mass is 351 g/mol. The molecule has 0 N–H and O–H groups in total. The average molecular weight is 352 g/mol. The maximum Gasteiger partial charge on any atom is 0.281 e. The van der Waals surface area contributed by atoms with Crippen LogP contribution < -0.4 is 5.56 Å². The number of hydrogen-bond acceptors (Lipinski definition) is 4. The van der Waals surface area contributed by atoms with E-state index >= 15 is 0 Å². The highest BCUT2D eigenvalue weighted by Gasteiger charge is 2.11. The summed E-state index contributed by atoms with van der Waals surface area (Å²) in [6, 6.07) is 6.58. The van der Waals surface area contributed by atoms with Crippen LogP contribution in [0.3, 0.4) is 0 Å². The predicted molar refractivity (Wildman–Crippen MR) is 81.9 cm³/mol. The molecule has 4 nitrogen and oxygen atoms in total. The smallest absolute Gasteiger partial charge is 0.267 e. The number of halogens is 2. The molecule has 0 aliphatic rings. The molecule has 0 aliphatic carbocycles. The van der Waals surface area contributed by atoms with Crippen LogP contribution >= 0.6 is 34.7 Å². The second-order valence-corrected chi connectivity index (χ2v) is 8.28. The molecule has 1 aromatic heterocycles. The maximum absolute atomic E-state index is 11.7. The fourth-order valence-electron chi connectivity index (χ4n) is 1.65. The number of hydrogen-bond donors (Lipinski definition) is 0. The molecule has 2 rings (SSSR count). The predicted octanol–water partition coefficient (Wildman–Crippen LogP) is 2.86. The van der Waals surface area contributed by atoms with E-state index < -0.39 is 9.84 Å². The van der Waals surface area contributed by atoms with E-state index in [4.69, 9.17) is 23.2 Å². The number of rotatable bonds is 4. The highest BCUT2D eigenvalue weighted by molar-refractivity contribution is 7.90. The van der Waals surface area contributed by atoms with E-state index in [0.29, 0.717) is 13.0 Å². The summed E-state index contributed by atoms with van der Waals surface area (Å²) in [4.78, 5) is 12.0. The van der Waals surface area contributed by atoms with Crippen LogP contribution in [0.2, 0.25) is 9.36 Å². The summed E-state index contributed by atoms with van der Waals surface area (Å²) in [6.45, 7) is 0.453. The molecule has 1 heterocycles. The molecule has 0 spiro atoms. The molecule has 0 atom stereocenters. The molecule has 0 aliphatic heterocycles. The van der Waals surface area contributed by atoms with Crippen LogP contribution in [0.25, 0.3) is 0 Å². The first kappa shape index (κ1) is 15.6. The summed E-state index contributed by atoms with van der Waals surface area (Å²) in [6.07, 6.45) is 1.76. The molecule has 0 radical (unpaired) electrons. The first-order valence-electron chi connectivity index (χ1n) is 5.63. The molecule has 108 valence electrons. The standard InChI is InChI=1S/C12H11Cl2NO3S2/c1-20(17,18)9-4-2-8(3-5-9)6-7-15-12(16)10(13)11(14)19-15/h2-5H,6-7H2,1H3. The molecule has 8 heteroatoms. The van der Waals surface area contributed by atoms with E-state index in [1.54, 1.807) is 24.3 Å². The van der Waals surface area contributed by atoms with Gasteiger partial charge in [-0.1, -0.05) is 35.3 Å². The van der Waals surface area contributed by atoms with Gasteiger partial charge in [0.25, 0.3) is 5.56 Å². The second-order valence-electron chi connectivity index (χ2n) is 4.25. The summed E-state index contributed by atoms with van der Waals surface area (Å²) in [5.74, 6) is 0. The first-order valence-corrected chi connectivity index (χ1v) is 9.05. The van der Waals surface area contributed by atoms with Crippen LogP contribution in [0.4, 0.5) is 0 Å². The molecule has 0 unspecified atom stereocenters. The molecule has 0 saturated heterocycles. The molecule has 2 aromatic rings. The Kier molecular flexibility index (Phi) is 4.59. The van der Waals surface area contributed by atoms with E-state index in [1.165, 1.54) is 3.96 Å². The van der Waals surface area contributed by atoms with Crippen molar-refractivity contribution in [2.75, 3.05) is 6.26 Å². The van der Waals surface area contributed by atoms with E-state index in [9.17, 15) is 13.2 Å². The maximum atomic E-state index is 11.7. The third kappa shape index (κ3) is 3.44. The molecular weight excluding hydrogens is 341 g/mol. The van der Waals surface area contributed by atoms with Gasteiger partial charge >= 0.3 is 0 Å². The van der Waals surface area contributed by atoms with Crippen molar-refractivity contribution >= 4 is 44.6 Å². The molecule has 0 saturated carbocycles. The van der Waals surface area contributed by atoms with E-state index in [-0.39, 0.29) is 19.8 Å². The molecule has 0 amide bonds. The number of sulfone groups is 1. The van der Waals surface area contributed by atoms with Crippen LogP contribution in [0.1, 0.15) is 5.56 Å². The van der Waals surface area contributed by atoms with Gasteiger partial charge in [0, 0.05) is 12.8 Å². The lowest BCUT2D eigenvalue weighted by Gasteiger charge is -2.03. The third-order valence-electron chi connectivity index (χ3n) is 2.73. The van der Waals surface area contributed by atoms with Crippen molar-refractivity contribution in [3.8, 4) is 0 Å². The zero-order chi connectivity index (χ0) is 14.9. The Balaban J connectivity index is 2.12. The zero-order valence-electron chi connectivity index (χ0n) is 10.5. The van der Waals surface area contributed by atoms with Crippen molar-refractivity contribution in [2.45, 2.75) is 17.9 Å². The van der Waals surface area contributed by atoms with E-state index in [2.05, 4.69) is 0 Å². The van der Waals surface area contributed by atoms with Gasteiger partial charge in [0.2, 0.25) is 0 Å². The van der Waals surface area contributed by atoms with Crippen LogP contribution in [0.5, 0.6) is 0 Å². The highest BCUT2D eigenvalue weighted by atomic mass is 35.5. The summed E-state index contributed by atoms with van der Waals surface area (Å²) < 4.78 is 24.4. The van der Waals surface area contributed by atoms with Crippen molar-refractivity contribution in [1.29, 1.82) is 0 Å². The lowest BCUT2D eigenvalue weighted by atomic mass is 10.1. The number of aromatic nitrogens is 1. The summed E-state index contributed by atoms with van der Waals surface area (Å²) in [5, 5.41) is 0.0455. The fourth-order valence-corrected chi connectivity index (χ4v) is 3.59. The normalized spacial score (nSPS) is 11.8. The zero-order valence-corrected chi connectivity index (χ0v) is 13.6. The van der Waals surface area contributed by atoms with Gasteiger partial charge < -0.3 is 0 Å². The largest absolute Gasteiger partial charge is 0.281 e. The third-order valence-corrected chi connectivity index (χ3v) is 5.75. The van der Waals surface area contributed by atoms with Gasteiger partial charge in [-0.3, -0.25) is 8.75 Å². The Morgan fingerprint density at radius 2 is 1.80 bits per heavy atom. The van der Waals surface area contributed by atoms with Crippen LogP contribution in [0, 0.1) is 0 Å². The van der Waals surface area contributed by atoms with Crippen molar-refractivity contribution < 1.29 is 8.42 Å². The number of benzene rings is 1. The molecule has 1 aromatic carbocycles. The Morgan fingerprint density at radius 3 is 2.25 bits per heavy atom. The van der Waals surface area contributed by atoms with Crippen molar-refractivity contribution in [2.24, 2.45) is 0 Å². The van der Waals surface area contributed by atoms with Gasteiger partial charge in [-0.2, -0.15) is 0 Å².